The van der Waals surface area contributed by atoms with Gasteiger partial charge in [0.1, 0.15) is 0 Å². The van der Waals surface area contributed by atoms with Crippen LogP contribution < -0.4 is 0 Å². The summed E-state index contributed by atoms with van der Waals surface area (Å²) in [6.07, 6.45) is -3.18. The van der Waals surface area contributed by atoms with E-state index in [1.165, 1.54) is 28.8 Å². The van der Waals surface area contributed by atoms with Crippen LogP contribution in [0.3, 0.4) is 0 Å². The van der Waals surface area contributed by atoms with E-state index < -0.39 is 17.8 Å². The van der Waals surface area contributed by atoms with Gasteiger partial charge in [-0.1, -0.05) is 23.9 Å². The molecule has 1 aromatic carbocycles. The van der Waals surface area contributed by atoms with Crippen molar-refractivity contribution in [3.63, 3.8) is 0 Å². The van der Waals surface area contributed by atoms with Gasteiger partial charge in [-0.3, -0.25) is 14.4 Å². The maximum Gasteiger partial charge on any atom is 0.416 e. The van der Waals surface area contributed by atoms with Crippen LogP contribution in [0, 0.1) is 5.92 Å². The number of carbonyl (C=O) groups excluding carboxylic acids is 3. The van der Waals surface area contributed by atoms with Crippen LogP contribution in [-0.2, 0) is 25.3 Å². The summed E-state index contributed by atoms with van der Waals surface area (Å²) in [5.41, 5.74) is 1.06. The van der Waals surface area contributed by atoms with E-state index in [0.29, 0.717) is 47.1 Å². The molecule has 3 aliphatic rings. The normalized spacial score (nSPS) is 21.3. The molecule has 0 aliphatic carbocycles. The molecule has 2 amide bonds. The first-order valence-electron chi connectivity index (χ1n) is 12.7. The maximum absolute atomic E-state index is 13.4. The number of piperidine rings is 1. The molecule has 0 spiro atoms. The second kappa shape index (κ2) is 11.4. The van der Waals surface area contributed by atoms with E-state index in [1.54, 1.807) is 43.2 Å². The standard InChI is InChI=1S/C27H31F3N4O4S/c1-5-38-25(37)18-7-6-12-33(14-18)21(35)13-20-15-39-26-31-16(2)22(24(36)32(3)4)23(34(20)26)17-8-10-19(11-9-17)27(28,29)30/h8-11,15,18,23H,5-7,12-14H2,1-4H3. The molecule has 0 radical (unpaired) electrons. The van der Waals surface area contributed by atoms with Crippen molar-refractivity contribution in [2.24, 2.45) is 10.9 Å². The number of allylic oxidation sites excluding steroid dienone is 1. The Labute approximate surface area is 229 Å². The van der Waals surface area contributed by atoms with E-state index in [1.807, 2.05) is 0 Å². The number of amides is 2. The number of halogens is 3. The molecule has 0 N–H and O–H groups in total. The third-order valence-corrected chi connectivity index (χ3v) is 7.81. The van der Waals surface area contributed by atoms with Crippen LogP contribution in [0.5, 0.6) is 0 Å². The Bertz CT molecular complexity index is 1240. The highest BCUT2D eigenvalue weighted by Gasteiger charge is 2.42. The predicted molar refractivity (Wildman–Crippen MR) is 141 cm³/mol. The Hall–Kier alpha value is -3.28. The molecule has 3 aliphatic heterocycles. The van der Waals surface area contributed by atoms with E-state index >= 15 is 0 Å². The van der Waals surface area contributed by atoms with Gasteiger partial charge in [0, 0.05) is 32.9 Å². The lowest BCUT2D eigenvalue weighted by Gasteiger charge is -2.38. The molecule has 0 aromatic heterocycles. The summed E-state index contributed by atoms with van der Waals surface area (Å²) in [7, 11) is 3.20. The molecule has 210 valence electrons. The second-order valence-corrected chi connectivity index (χ2v) is 10.7. The number of alkyl halides is 3. The zero-order valence-corrected chi connectivity index (χ0v) is 23.1. The first-order valence-corrected chi connectivity index (χ1v) is 13.6. The highest BCUT2D eigenvalue weighted by molar-refractivity contribution is 8.16. The Balaban J connectivity index is 1.64. The Morgan fingerprint density at radius 3 is 2.49 bits per heavy atom. The van der Waals surface area contributed by atoms with Crippen molar-refractivity contribution in [1.82, 2.24) is 14.7 Å². The Kier molecular flexibility index (Phi) is 8.43. The molecule has 1 aromatic rings. The molecule has 0 saturated carbocycles. The average molecular weight is 565 g/mol. The summed E-state index contributed by atoms with van der Waals surface area (Å²) in [5.74, 6) is -1.20. The minimum atomic E-state index is -4.50. The van der Waals surface area contributed by atoms with Crippen molar-refractivity contribution >= 4 is 34.7 Å². The van der Waals surface area contributed by atoms with Crippen LogP contribution in [0.1, 0.15) is 50.3 Å². The van der Waals surface area contributed by atoms with E-state index in [4.69, 9.17) is 4.74 Å². The van der Waals surface area contributed by atoms with Gasteiger partial charge in [0.2, 0.25) is 5.91 Å². The number of ether oxygens (including phenoxy) is 1. The predicted octanol–water partition coefficient (Wildman–Crippen LogP) is 4.56. The molecule has 2 atom stereocenters. The monoisotopic (exact) mass is 564 g/mol. The van der Waals surface area contributed by atoms with E-state index in [0.717, 1.165) is 12.1 Å². The first-order chi connectivity index (χ1) is 18.4. The van der Waals surface area contributed by atoms with Crippen molar-refractivity contribution in [3.05, 3.63) is 57.8 Å². The van der Waals surface area contributed by atoms with Gasteiger partial charge in [-0.05, 0) is 49.8 Å². The molecule has 8 nitrogen and oxygen atoms in total. The minimum absolute atomic E-state index is 0.0127. The minimum Gasteiger partial charge on any atom is -0.466 e. The van der Waals surface area contributed by atoms with Crippen LogP contribution in [0.15, 0.2) is 51.6 Å². The maximum atomic E-state index is 13.4. The fraction of sp³-hybridized carbons (Fsp3) is 0.481. The lowest BCUT2D eigenvalue weighted by molar-refractivity contribution is -0.151. The highest BCUT2D eigenvalue weighted by Crippen LogP contribution is 2.45. The SMILES string of the molecule is CCOC(=O)C1CCCN(C(=O)CC2=CSC3=NC(C)=C(C(=O)N(C)C)C(c4ccc(C(F)(F)F)cc4)N23)C1. The van der Waals surface area contributed by atoms with Crippen LogP contribution in [0.2, 0.25) is 0 Å². The van der Waals surface area contributed by atoms with Gasteiger partial charge < -0.3 is 19.4 Å². The molecular weight excluding hydrogens is 533 g/mol. The van der Waals surface area contributed by atoms with Gasteiger partial charge in [0.25, 0.3) is 5.91 Å². The molecule has 2 unspecified atom stereocenters. The number of nitrogens with zero attached hydrogens (tertiary/aromatic N) is 4. The lowest BCUT2D eigenvalue weighted by Crippen LogP contribution is -2.44. The number of benzene rings is 1. The number of hydrogen-bond acceptors (Lipinski definition) is 7. The summed E-state index contributed by atoms with van der Waals surface area (Å²) in [5, 5.41) is 2.33. The van der Waals surface area contributed by atoms with Crippen LogP contribution >= 0.6 is 11.8 Å². The number of likely N-dealkylation sites (N-methyl/N-ethyl adjacent to an activating group) is 1. The summed E-state index contributed by atoms with van der Waals surface area (Å²) in [6, 6.07) is 3.95. The van der Waals surface area contributed by atoms with Crippen LogP contribution in [0.25, 0.3) is 0 Å². The molecule has 12 heteroatoms. The molecule has 0 bridgehead atoms. The van der Waals surface area contributed by atoms with Crippen molar-refractivity contribution in [2.45, 2.75) is 45.3 Å². The van der Waals surface area contributed by atoms with Gasteiger partial charge in [0.05, 0.1) is 41.8 Å². The molecule has 1 saturated heterocycles. The number of amidine groups is 1. The first kappa shape index (κ1) is 28.7. The second-order valence-electron chi connectivity index (χ2n) is 9.82. The zero-order valence-electron chi connectivity index (χ0n) is 22.2. The number of thioether (sulfide) groups is 1. The quantitative estimate of drug-likeness (QED) is 0.472. The van der Waals surface area contributed by atoms with E-state index in [-0.39, 0.29) is 43.3 Å². The number of fused-ring (bicyclic) bond motifs is 1. The summed E-state index contributed by atoms with van der Waals surface area (Å²) in [4.78, 5) is 48.4. The molecule has 1 fully saturated rings. The topological polar surface area (TPSA) is 82.5 Å². The van der Waals surface area contributed by atoms with Crippen LogP contribution in [-0.4, -0.2) is 71.4 Å². The van der Waals surface area contributed by atoms with E-state index in [2.05, 4.69) is 4.99 Å². The largest absolute Gasteiger partial charge is 0.466 e. The molecule has 3 heterocycles. The van der Waals surface area contributed by atoms with Crippen molar-refractivity contribution < 1.29 is 32.3 Å². The third kappa shape index (κ3) is 6.00. The number of hydrogen-bond donors (Lipinski definition) is 0. The molecular formula is C27H31F3N4O4S. The van der Waals surface area contributed by atoms with Crippen LogP contribution in [0.4, 0.5) is 13.2 Å². The van der Waals surface area contributed by atoms with Gasteiger partial charge in [-0.15, -0.1) is 0 Å². The number of rotatable bonds is 6. The van der Waals surface area contributed by atoms with Gasteiger partial charge in [-0.25, -0.2) is 4.99 Å². The zero-order chi connectivity index (χ0) is 28.5. The fourth-order valence-corrected chi connectivity index (χ4v) is 5.94. The van der Waals surface area contributed by atoms with Crippen molar-refractivity contribution in [3.8, 4) is 0 Å². The Morgan fingerprint density at radius 2 is 1.87 bits per heavy atom. The van der Waals surface area contributed by atoms with Gasteiger partial charge in [-0.2, -0.15) is 13.2 Å². The van der Waals surface area contributed by atoms with Crippen molar-refractivity contribution in [1.29, 1.82) is 0 Å². The van der Waals surface area contributed by atoms with E-state index in [9.17, 15) is 27.6 Å². The highest BCUT2D eigenvalue weighted by atomic mass is 32.2. The summed E-state index contributed by atoms with van der Waals surface area (Å²) >= 11 is 1.30. The fourth-order valence-electron chi connectivity index (χ4n) is 4.98. The smallest absolute Gasteiger partial charge is 0.416 e. The lowest BCUT2D eigenvalue weighted by atomic mass is 9.92. The van der Waals surface area contributed by atoms with Gasteiger partial charge in [0.15, 0.2) is 5.17 Å². The average Bonchev–Trinajstić information content (AvgIpc) is 3.28. The van der Waals surface area contributed by atoms with Gasteiger partial charge >= 0.3 is 12.1 Å². The molecule has 39 heavy (non-hydrogen) atoms. The third-order valence-electron chi connectivity index (χ3n) is 6.92. The number of carbonyl (C=O) groups is 3. The number of aliphatic imine (C=N–C) groups is 1. The Morgan fingerprint density at radius 1 is 1.18 bits per heavy atom. The summed E-state index contributed by atoms with van der Waals surface area (Å²) in [6.45, 7) is 4.50. The number of esters is 1. The van der Waals surface area contributed by atoms with Crippen molar-refractivity contribution in [2.75, 3.05) is 33.8 Å². The molecule has 4 rings (SSSR count). The number of likely N-dealkylation sites (tertiary alicyclic amines) is 1. The summed E-state index contributed by atoms with van der Waals surface area (Å²) < 4.78 is 44.9.